The number of carbonyl (C=O) groups is 20. The summed E-state index contributed by atoms with van der Waals surface area (Å²) in [6.07, 6.45) is 0.534. The number of aryl methyl sites for hydroxylation is 1. The Labute approximate surface area is 874 Å². The number of carboxylic acids is 1. The third-order valence-electron chi connectivity index (χ3n) is 24.5. The quantitative estimate of drug-likeness (QED) is 0.00753. The van der Waals surface area contributed by atoms with Crippen molar-refractivity contribution in [3.63, 3.8) is 0 Å². The van der Waals surface area contributed by atoms with Gasteiger partial charge in [0, 0.05) is 123 Å². The highest BCUT2D eigenvalue weighted by Crippen LogP contribution is 2.27. The van der Waals surface area contributed by atoms with Crippen molar-refractivity contribution >= 4 is 167 Å². The average Bonchev–Trinajstić information content (AvgIpc) is 1.65. The minimum absolute atomic E-state index is 0.0382. The maximum atomic E-state index is 15.4. The number of para-hydroxylation sites is 2. The fourth-order valence-corrected chi connectivity index (χ4v) is 18.3. The van der Waals surface area contributed by atoms with E-state index in [2.05, 4.69) is 105 Å². The summed E-state index contributed by atoms with van der Waals surface area (Å²) in [7, 11) is 4.94. The zero-order chi connectivity index (χ0) is 111. The van der Waals surface area contributed by atoms with Crippen LogP contribution >= 0.6 is 21.6 Å². The van der Waals surface area contributed by atoms with Gasteiger partial charge in [0.2, 0.25) is 94.5 Å². The lowest BCUT2D eigenvalue weighted by atomic mass is 9.93. The van der Waals surface area contributed by atoms with E-state index in [4.69, 9.17) is 42.6 Å². The first-order valence-electron chi connectivity index (χ1n) is 49.5. The number of fused-ring (bicyclic) bond motifs is 2. The summed E-state index contributed by atoms with van der Waals surface area (Å²) in [5.74, 6) is -22.1. The van der Waals surface area contributed by atoms with Crippen LogP contribution in [0.15, 0.2) is 73.4 Å². The summed E-state index contributed by atoms with van der Waals surface area (Å²) in [6, 6.07) is -6.12. The highest BCUT2D eigenvalue weighted by atomic mass is 33.1. The number of nitrogens with two attached hydrogens (primary N) is 4. The molecule has 0 radical (unpaired) electrons. The van der Waals surface area contributed by atoms with Crippen molar-refractivity contribution < 1.29 is 125 Å². The Morgan fingerprint density at radius 3 is 1.94 bits per heavy atom. The summed E-state index contributed by atoms with van der Waals surface area (Å²) in [6.45, 7) is 7.38. The van der Waals surface area contributed by atoms with Crippen molar-refractivity contribution in [2.45, 2.75) is 255 Å². The Morgan fingerprint density at radius 2 is 1.27 bits per heavy atom. The number of guanidine groups is 1. The van der Waals surface area contributed by atoms with E-state index in [0.717, 1.165) is 35.4 Å². The summed E-state index contributed by atoms with van der Waals surface area (Å²) in [4.78, 5) is 288. The SMILES string of the molecule is CC[C@H](C)[C@H](NC(C)=O)C(=O)N[C@H]1CSSC[C@@H](C(=O)N[C@H](C(=O)NCCOCCOCC(=O)N[C@@H](CCCCNC(=O)OCC(=O)CCCCC[C@H](NC)C(N)=O)C(N)=O)[C@@H](C)O)NC(=O)[C@H](CCCNC(=N)N)NC(=O)[C@H](Cc2cnc[nH]2)CC(=O)[C@H](C)NC(=O)CNC(=O)[C@H](Cc2c[nH]c3ccccc23)NC(O)C(CC(=O)O)NC(=O)[C@H](CCC(N)=O)NC(=O)[C@H](Cc2cn(C)c3ccccc23)NC(=O)[C@H](C(C)C)NC1=O. The van der Waals surface area contributed by atoms with Gasteiger partial charge in [0.25, 0.3) is 0 Å². The number of hydrogen-bond acceptors (Lipinski definition) is 31. The molecular weight excluding hydrogens is 2000 g/mol. The number of carboxylic acid groups (broad SMARTS) is 1. The average molecular weight is 2140 g/mol. The van der Waals surface area contributed by atoms with Crippen LogP contribution in [0.5, 0.6) is 0 Å². The van der Waals surface area contributed by atoms with Crippen LogP contribution in [-0.4, -0.2) is 328 Å². The van der Waals surface area contributed by atoms with Crippen LogP contribution in [0.2, 0.25) is 0 Å². The fraction of sp³-hybridized carbons (Fsp3) is 0.583. The van der Waals surface area contributed by atoms with Gasteiger partial charge >= 0.3 is 12.1 Å². The number of imidazole rings is 1. The second-order valence-corrected chi connectivity index (χ2v) is 39.4. The number of rotatable bonds is 50. The number of ether oxygens (including phenoxy) is 3. The number of alkyl carbamates (subject to hydrolysis) is 1. The predicted molar refractivity (Wildman–Crippen MR) is 550 cm³/mol. The van der Waals surface area contributed by atoms with Crippen LogP contribution in [0.1, 0.15) is 162 Å². The Hall–Kier alpha value is -13.9. The van der Waals surface area contributed by atoms with E-state index in [1.807, 2.05) is 0 Å². The Morgan fingerprint density at radius 1 is 0.627 bits per heavy atom. The molecular formula is C96H146N26O26S2. The fourth-order valence-electron chi connectivity index (χ4n) is 16.0. The molecule has 17 atom stereocenters. The molecule has 6 rings (SSSR count). The zero-order valence-electron chi connectivity index (χ0n) is 85.6. The minimum Gasteiger partial charge on any atom is -0.481 e. The number of amides is 17. The number of nitrogens with zero attached hydrogens (tertiary/aromatic N) is 2. The third kappa shape index (κ3) is 44.1. The first kappa shape index (κ1) is 125. The van der Waals surface area contributed by atoms with Crippen molar-refractivity contribution in [3.05, 3.63) is 90.3 Å². The Balaban J connectivity index is 1.32. The molecule has 0 bridgehead atoms. The molecule has 31 N–H and O–H groups in total. The lowest BCUT2D eigenvalue weighted by Gasteiger charge is -2.30. The number of carbonyl (C=O) groups excluding carboxylic acids is 19. The lowest BCUT2D eigenvalue weighted by Crippen LogP contribution is -2.62. The van der Waals surface area contributed by atoms with Gasteiger partial charge in [-0.3, -0.25) is 102 Å². The van der Waals surface area contributed by atoms with Gasteiger partial charge in [0.05, 0.1) is 75.3 Å². The molecule has 17 amide bonds. The minimum atomic E-state index is -2.18. The first-order valence-corrected chi connectivity index (χ1v) is 52.0. The van der Waals surface area contributed by atoms with E-state index in [1.54, 1.807) is 93.4 Å². The Kier molecular flexibility index (Phi) is 54.2. The van der Waals surface area contributed by atoms with Gasteiger partial charge in [-0.2, -0.15) is 0 Å². The highest BCUT2D eigenvalue weighted by Gasteiger charge is 2.41. The largest absolute Gasteiger partial charge is 0.481 e. The number of aromatic nitrogens is 4. The van der Waals surface area contributed by atoms with Gasteiger partial charge in [-0.05, 0) is 114 Å². The van der Waals surface area contributed by atoms with Crippen molar-refractivity contribution in [1.29, 1.82) is 5.41 Å². The molecule has 828 valence electrons. The van der Waals surface area contributed by atoms with Crippen LogP contribution in [0.25, 0.3) is 21.8 Å². The molecule has 5 aromatic rings. The number of aromatic amines is 2. The number of unbranched alkanes of at least 4 members (excludes halogenated alkanes) is 3. The highest BCUT2D eigenvalue weighted by molar-refractivity contribution is 8.76. The van der Waals surface area contributed by atoms with Crippen LogP contribution in [0, 0.1) is 23.2 Å². The molecule has 1 saturated heterocycles. The number of aliphatic carboxylic acids is 1. The number of primary amides is 3. The molecule has 52 nitrogen and oxygen atoms in total. The molecule has 54 heteroatoms. The first-order chi connectivity index (χ1) is 71.3. The second-order valence-electron chi connectivity index (χ2n) is 36.8. The summed E-state index contributed by atoms with van der Waals surface area (Å²) < 4.78 is 17.8. The monoisotopic (exact) mass is 2140 g/mol. The van der Waals surface area contributed by atoms with E-state index >= 15 is 28.8 Å². The molecule has 3 aromatic heterocycles. The lowest BCUT2D eigenvalue weighted by molar-refractivity contribution is -0.140. The van der Waals surface area contributed by atoms with Crippen molar-refractivity contribution in [2.75, 3.05) is 77.8 Å². The molecule has 1 aliphatic rings. The second kappa shape index (κ2) is 65.1. The molecule has 2 aromatic carbocycles. The molecule has 0 spiro atoms. The molecule has 2 unspecified atom stereocenters. The summed E-state index contributed by atoms with van der Waals surface area (Å²) in [5.41, 5.74) is 24.7. The standard InChI is InChI=1S/C96H146N26O26S2/c1-10-52(4)80(111-55(7)124)94(144)119-72-49-150-149-48-71(91(141)121-81(54(6)123)92(142)104-33-34-146-35-36-147-47-77(129)112-65(83(99)133)26-18-19-31-106-96(145)148-46-60(125)21-12-11-13-25-64(102-8)82(98)132)118-86(136)66(27-20-32-105-95(100)101)113-84(134)56(37-59-43-103-50-109-59)40-74(126)53(5)110-76(128)44-108-85(135)68(38-57-42-107-63-24-16-14-22-61(57)63)115-89(139)70(41-78(130)131)116-87(137)67(29-30-75(97)127)114-88(138)69(117-93(143)79(51(2)3)120-90(72)140)39-58-45-122(9)73-28-17-15-23-62(58)73/h14-17,22-24,28,42-43,45,50-54,56,64-72,79-81,89,102,107,115,123,139H,10-13,18-21,25-27,29-41,44,46-49H2,1-9H3,(H2,97,127)(H2,98,132)(H2,99,133)(H,103,109)(H,104,142)(H,106,145)(H,108,135)(H,110,128)(H,111,124)(H,112,129)(H,113,134)(H,114,138)(H,116,137)(H,117,143)(H,118,136)(H,119,144)(H,120,140)(H,121,141)(H,130,131)(H4,100,101,105)/t52-,53-,54+,56+,64-,65-,66-,67-,68-,69-,70?,71-,72-,79-,80-,81-,89?/m0/s1. The number of likely N-dealkylation sites (N-methyl/N-ethyl adjacent to an activating group) is 1. The molecule has 1 aliphatic heterocycles. The van der Waals surface area contributed by atoms with Gasteiger partial charge in [-0.25, -0.2) is 9.78 Å². The van der Waals surface area contributed by atoms with Crippen LogP contribution in [0.3, 0.4) is 0 Å². The maximum Gasteiger partial charge on any atom is 0.407 e. The number of benzene rings is 2. The number of aliphatic hydroxyl groups excluding tert-OH is 2. The molecule has 1 fully saturated rings. The van der Waals surface area contributed by atoms with Gasteiger partial charge in [0.1, 0.15) is 67.2 Å². The van der Waals surface area contributed by atoms with E-state index in [9.17, 15) is 82.4 Å². The zero-order valence-corrected chi connectivity index (χ0v) is 87.2. The predicted octanol–water partition coefficient (Wildman–Crippen LogP) is -4.64. The Bertz CT molecular complexity index is 5400. The smallest absolute Gasteiger partial charge is 0.407 e. The van der Waals surface area contributed by atoms with Crippen molar-refractivity contribution in [3.8, 4) is 0 Å². The number of H-pyrrole nitrogens is 2. The van der Waals surface area contributed by atoms with Crippen LogP contribution in [-0.2, 0) is 132 Å². The van der Waals surface area contributed by atoms with Gasteiger partial charge in [-0.15, -0.1) is 0 Å². The van der Waals surface area contributed by atoms with E-state index in [0.29, 0.717) is 83.6 Å². The number of hydrogen-bond donors (Lipinski definition) is 27. The van der Waals surface area contributed by atoms with Gasteiger partial charge < -0.3 is 152 Å². The summed E-state index contributed by atoms with van der Waals surface area (Å²) >= 11 is 0. The summed E-state index contributed by atoms with van der Waals surface area (Å²) in [5, 5.41) is 86.9. The van der Waals surface area contributed by atoms with Gasteiger partial charge in [0.15, 0.2) is 24.1 Å². The van der Waals surface area contributed by atoms with Crippen LogP contribution in [0.4, 0.5) is 4.79 Å². The normalized spacial score (nSPS) is 20.8. The van der Waals surface area contributed by atoms with Crippen LogP contribution < -0.4 is 113 Å². The number of aliphatic hydroxyl groups is 2. The number of Topliss-reactive ketones (excluding diaryl/α,β-unsaturated/α-hetero) is 2. The molecule has 0 saturated carbocycles. The topological polar surface area (TPSA) is 812 Å². The third-order valence-corrected chi connectivity index (χ3v) is 26.9. The van der Waals surface area contributed by atoms with Crippen molar-refractivity contribution in [2.24, 2.45) is 47.7 Å². The maximum absolute atomic E-state index is 15.4. The molecule has 150 heavy (non-hydrogen) atoms. The number of ketones is 2. The van der Waals surface area contributed by atoms with Crippen molar-refractivity contribution in [1.82, 2.24) is 110 Å². The van der Waals surface area contributed by atoms with E-state index < -0.39 is 284 Å². The van der Waals surface area contributed by atoms with Gasteiger partial charge in [-0.1, -0.05) is 105 Å². The number of nitrogens with one attached hydrogen (secondary N) is 20. The molecule has 4 heterocycles. The van der Waals surface area contributed by atoms with E-state index in [-0.39, 0.29) is 90.2 Å². The molecule has 0 aliphatic carbocycles. The van der Waals surface area contributed by atoms with E-state index in [1.165, 1.54) is 33.3 Å².